The molecule has 1 N–H and O–H groups in total. The summed E-state index contributed by atoms with van der Waals surface area (Å²) in [5.74, 6) is 0. The van der Waals surface area contributed by atoms with Crippen molar-refractivity contribution in [1.29, 1.82) is 0 Å². The van der Waals surface area contributed by atoms with E-state index in [0.717, 1.165) is 17.5 Å². The first-order valence-electron chi connectivity index (χ1n) is 3.82. The smallest absolute Gasteiger partial charge is 0.150 e. The van der Waals surface area contributed by atoms with Crippen molar-refractivity contribution in [2.24, 2.45) is 0 Å². The zero-order valence-corrected chi connectivity index (χ0v) is 6.77. The highest BCUT2D eigenvalue weighted by Gasteiger charge is 2.00. The number of H-pyrrole nitrogens is 1. The van der Waals surface area contributed by atoms with E-state index in [-0.39, 0.29) is 0 Å². The molecule has 0 saturated carbocycles. The van der Waals surface area contributed by atoms with E-state index in [1.54, 1.807) is 18.3 Å². The van der Waals surface area contributed by atoms with E-state index in [9.17, 15) is 4.79 Å². The molecule has 0 saturated heterocycles. The molecule has 0 bridgehead atoms. The Morgan fingerprint density at radius 3 is 3.00 bits per heavy atom. The van der Waals surface area contributed by atoms with Crippen molar-refractivity contribution >= 4 is 6.29 Å². The average molecular weight is 173 g/mol. The monoisotopic (exact) mass is 173 g/mol. The summed E-state index contributed by atoms with van der Waals surface area (Å²) in [6.07, 6.45) is 2.49. The molecular weight excluding hydrogens is 166 g/mol. The van der Waals surface area contributed by atoms with Gasteiger partial charge in [0.25, 0.3) is 0 Å². The van der Waals surface area contributed by atoms with Gasteiger partial charge < -0.3 is 0 Å². The molecule has 0 aliphatic carbocycles. The third-order valence-corrected chi connectivity index (χ3v) is 1.74. The van der Waals surface area contributed by atoms with Crippen LogP contribution in [0.5, 0.6) is 0 Å². The molecular formula is C9H7N3O. The van der Waals surface area contributed by atoms with Crippen LogP contribution in [0.25, 0.3) is 11.3 Å². The minimum atomic E-state index is 0.639. The largest absolute Gasteiger partial charge is 0.298 e. The standard InChI is InChI=1S/C9H7N3O/c13-6-7-2-1-3-8(4-7)9-5-10-12-11-9/h1-6H,(H,10,11,12). The van der Waals surface area contributed by atoms with Crippen LogP contribution in [-0.2, 0) is 0 Å². The Bertz CT molecular complexity index is 409. The Morgan fingerprint density at radius 2 is 2.31 bits per heavy atom. The van der Waals surface area contributed by atoms with Crippen molar-refractivity contribution in [3.8, 4) is 11.3 Å². The maximum absolute atomic E-state index is 10.5. The van der Waals surface area contributed by atoms with E-state index in [1.807, 2.05) is 12.1 Å². The first-order valence-corrected chi connectivity index (χ1v) is 3.82. The van der Waals surface area contributed by atoms with Crippen molar-refractivity contribution < 1.29 is 4.79 Å². The van der Waals surface area contributed by atoms with Gasteiger partial charge in [0.15, 0.2) is 0 Å². The lowest BCUT2D eigenvalue weighted by Gasteiger charge is -1.95. The lowest BCUT2D eigenvalue weighted by molar-refractivity contribution is 0.112. The number of nitrogens with zero attached hydrogens (tertiary/aromatic N) is 2. The minimum absolute atomic E-state index is 0.639. The second-order valence-corrected chi connectivity index (χ2v) is 2.60. The second-order valence-electron chi connectivity index (χ2n) is 2.60. The van der Waals surface area contributed by atoms with Gasteiger partial charge >= 0.3 is 0 Å². The molecule has 0 fully saturated rings. The molecule has 4 heteroatoms. The normalized spacial score (nSPS) is 9.85. The third-order valence-electron chi connectivity index (χ3n) is 1.74. The summed E-state index contributed by atoms with van der Waals surface area (Å²) in [5, 5.41) is 10.0. The van der Waals surface area contributed by atoms with Crippen LogP contribution in [0.2, 0.25) is 0 Å². The number of aldehydes is 1. The Kier molecular flexibility index (Phi) is 1.88. The molecule has 0 amide bonds. The number of nitrogens with one attached hydrogen (secondary N) is 1. The molecule has 0 spiro atoms. The zero-order chi connectivity index (χ0) is 9.10. The number of hydrogen-bond donors (Lipinski definition) is 1. The number of hydrogen-bond acceptors (Lipinski definition) is 3. The number of rotatable bonds is 2. The topological polar surface area (TPSA) is 58.6 Å². The molecule has 0 atom stereocenters. The van der Waals surface area contributed by atoms with Crippen molar-refractivity contribution in [2.75, 3.05) is 0 Å². The van der Waals surface area contributed by atoms with Gasteiger partial charge in [-0.2, -0.15) is 0 Å². The van der Waals surface area contributed by atoms with Crippen molar-refractivity contribution in [3.05, 3.63) is 36.0 Å². The van der Waals surface area contributed by atoms with Crippen LogP contribution in [0, 0.1) is 0 Å². The molecule has 1 heterocycles. The molecule has 0 aliphatic rings. The van der Waals surface area contributed by atoms with Gasteiger partial charge in [-0.1, -0.05) is 23.4 Å². The predicted octanol–water partition coefficient (Wildman–Crippen LogP) is 1.28. The van der Waals surface area contributed by atoms with Gasteiger partial charge in [-0.25, -0.2) is 0 Å². The molecule has 1 aromatic heterocycles. The lowest BCUT2D eigenvalue weighted by atomic mass is 10.1. The van der Waals surface area contributed by atoms with E-state index in [0.29, 0.717) is 5.56 Å². The maximum Gasteiger partial charge on any atom is 0.150 e. The summed E-state index contributed by atoms with van der Waals surface area (Å²) in [6.45, 7) is 0. The Balaban J connectivity index is 2.47. The molecule has 1 aromatic carbocycles. The van der Waals surface area contributed by atoms with Crippen LogP contribution in [0.3, 0.4) is 0 Å². The molecule has 13 heavy (non-hydrogen) atoms. The summed E-state index contributed by atoms with van der Waals surface area (Å²) in [5.41, 5.74) is 2.27. The molecule has 64 valence electrons. The van der Waals surface area contributed by atoms with Crippen LogP contribution in [0.15, 0.2) is 30.5 Å². The first-order chi connectivity index (χ1) is 6.40. The number of aromatic amines is 1. The average Bonchev–Trinajstić information content (AvgIpc) is 2.71. The molecule has 0 unspecified atom stereocenters. The van der Waals surface area contributed by atoms with Gasteiger partial charge in [0.05, 0.1) is 0 Å². The number of benzene rings is 1. The predicted molar refractivity (Wildman–Crippen MR) is 47.2 cm³/mol. The molecule has 0 aliphatic heterocycles. The van der Waals surface area contributed by atoms with Gasteiger partial charge in [-0.15, -0.1) is 5.10 Å². The lowest BCUT2D eigenvalue weighted by Crippen LogP contribution is -1.82. The van der Waals surface area contributed by atoms with Crippen molar-refractivity contribution in [1.82, 2.24) is 15.4 Å². The summed E-state index contributed by atoms with van der Waals surface area (Å²) >= 11 is 0. The van der Waals surface area contributed by atoms with E-state index < -0.39 is 0 Å². The van der Waals surface area contributed by atoms with E-state index >= 15 is 0 Å². The SMILES string of the molecule is O=Cc1cccc(-c2c[nH]nn2)c1. The summed E-state index contributed by atoms with van der Waals surface area (Å²) in [7, 11) is 0. The van der Waals surface area contributed by atoms with Crippen LogP contribution >= 0.6 is 0 Å². The summed E-state index contributed by atoms with van der Waals surface area (Å²) < 4.78 is 0. The maximum atomic E-state index is 10.5. The highest BCUT2D eigenvalue weighted by Crippen LogP contribution is 2.15. The third kappa shape index (κ3) is 1.46. The summed E-state index contributed by atoms with van der Waals surface area (Å²) in [4.78, 5) is 10.5. The Morgan fingerprint density at radius 1 is 1.38 bits per heavy atom. The molecule has 4 nitrogen and oxygen atoms in total. The highest BCUT2D eigenvalue weighted by atomic mass is 16.1. The van der Waals surface area contributed by atoms with Gasteiger partial charge in [0.2, 0.25) is 0 Å². The molecule has 2 aromatic rings. The zero-order valence-electron chi connectivity index (χ0n) is 6.77. The van der Waals surface area contributed by atoms with E-state index in [1.165, 1.54) is 0 Å². The van der Waals surface area contributed by atoms with Crippen LogP contribution in [0.4, 0.5) is 0 Å². The van der Waals surface area contributed by atoms with Crippen LogP contribution in [-0.4, -0.2) is 21.7 Å². The van der Waals surface area contributed by atoms with Crippen LogP contribution < -0.4 is 0 Å². The van der Waals surface area contributed by atoms with Gasteiger partial charge in [0.1, 0.15) is 12.0 Å². The Labute approximate surface area is 74.6 Å². The number of carbonyl (C=O) groups excluding carboxylic acids is 1. The van der Waals surface area contributed by atoms with E-state index in [4.69, 9.17) is 0 Å². The minimum Gasteiger partial charge on any atom is -0.298 e. The van der Waals surface area contributed by atoms with E-state index in [2.05, 4.69) is 15.4 Å². The quantitative estimate of drug-likeness (QED) is 0.696. The fraction of sp³-hybridized carbons (Fsp3) is 0. The summed E-state index contributed by atoms with van der Waals surface area (Å²) in [6, 6.07) is 7.21. The van der Waals surface area contributed by atoms with Gasteiger partial charge in [-0.05, 0) is 6.07 Å². The molecule has 2 rings (SSSR count). The van der Waals surface area contributed by atoms with Crippen molar-refractivity contribution in [2.45, 2.75) is 0 Å². The van der Waals surface area contributed by atoms with Gasteiger partial charge in [0, 0.05) is 17.3 Å². The Hall–Kier alpha value is -1.97. The number of aromatic nitrogens is 3. The fourth-order valence-electron chi connectivity index (χ4n) is 1.11. The van der Waals surface area contributed by atoms with Crippen molar-refractivity contribution in [3.63, 3.8) is 0 Å². The number of carbonyl (C=O) groups is 1. The molecule has 0 radical (unpaired) electrons. The fourth-order valence-corrected chi connectivity index (χ4v) is 1.11. The van der Waals surface area contributed by atoms with Crippen LogP contribution in [0.1, 0.15) is 10.4 Å². The highest BCUT2D eigenvalue weighted by molar-refractivity contribution is 5.77. The van der Waals surface area contributed by atoms with Gasteiger partial charge in [-0.3, -0.25) is 9.89 Å². The first kappa shape index (κ1) is 7.67. The second kappa shape index (κ2) is 3.18.